The SMILES string of the molecule is Cc1ncsc1C(=O)Nc1nonc1/C=N/ONc1ccc(F)c(Br)c1. The second-order valence-corrected chi connectivity index (χ2v) is 6.48. The molecule has 9 nitrogen and oxygen atoms in total. The number of aromatic nitrogens is 3. The van der Waals surface area contributed by atoms with E-state index in [1.54, 1.807) is 12.4 Å². The Kier molecular flexibility index (Phi) is 5.53. The Bertz CT molecular complexity index is 960. The lowest BCUT2D eigenvalue weighted by Gasteiger charge is -2.03. The van der Waals surface area contributed by atoms with E-state index in [1.807, 2.05) is 0 Å². The van der Waals surface area contributed by atoms with Crippen LogP contribution in [-0.4, -0.2) is 27.4 Å². The van der Waals surface area contributed by atoms with E-state index >= 15 is 0 Å². The molecule has 0 bridgehead atoms. The quantitative estimate of drug-likeness (QED) is 0.445. The normalized spacial score (nSPS) is 10.9. The summed E-state index contributed by atoms with van der Waals surface area (Å²) in [6.45, 7) is 1.72. The van der Waals surface area contributed by atoms with Gasteiger partial charge in [0.25, 0.3) is 5.91 Å². The van der Waals surface area contributed by atoms with Gasteiger partial charge in [0.05, 0.1) is 21.4 Å². The number of oxime groups is 1. The lowest BCUT2D eigenvalue weighted by molar-refractivity contribution is 0.102. The fourth-order valence-corrected chi connectivity index (χ4v) is 2.84. The molecule has 0 atom stereocenters. The third kappa shape index (κ3) is 4.21. The zero-order valence-electron chi connectivity index (χ0n) is 13.1. The van der Waals surface area contributed by atoms with Gasteiger partial charge in [-0.3, -0.25) is 9.73 Å². The molecule has 26 heavy (non-hydrogen) atoms. The first-order valence-corrected chi connectivity index (χ1v) is 8.66. The smallest absolute Gasteiger partial charge is 0.268 e. The number of nitrogens with zero attached hydrogens (tertiary/aromatic N) is 4. The molecule has 0 aliphatic rings. The summed E-state index contributed by atoms with van der Waals surface area (Å²) in [4.78, 5) is 21.5. The zero-order chi connectivity index (χ0) is 18.5. The predicted molar refractivity (Wildman–Crippen MR) is 95.5 cm³/mol. The third-order valence-electron chi connectivity index (χ3n) is 3.01. The van der Waals surface area contributed by atoms with Crippen molar-refractivity contribution in [3.63, 3.8) is 0 Å². The molecule has 0 unspecified atom stereocenters. The van der Waals surface area contributed by atoms with Crippen LogP contribution in [0.25, 0.3) is 0 Å². The molecule has 2 N–H and O–H groups in total. The van der Waals surface area contributed by atoms with Crippen LogP contribution in [0.1, 0.15) is 21.1 Å². The van der Waals surface area contributed by atoms with Crippen molar-refractivity contribution in [1.82, 2.24) is 15.3 Å². The summed E-state index contributed by atoms with van der Waals surface area (Å²) in [6.07, 6.45) is 1.19. The van der Waals surface area contributed by atoms with Crippen molar-refractivity contribution in [3.05, 3.63) is 50.3 Å². The van der Waals surface area contributed by atoms with Gasteiger partial charge in [-0.1, -0.05) is 5.16 Å². The Morgan fingerprint density at radius 3 is 3.04 bits per heavy atom. The first-order chi connectivity index (χ1) is 12.5. The van der Waals surface area contributed by atoms with Gasteiger partial charge in [-0.15, -0.1) is 11.3 Å². The van der Waals surface area contributed by atoms with Gasteiger partial charge in [0.15, 0.2) is 5.69 Å². The van der Waals surface area contributed by atoms with Crippen molar-refractivity contribution in [2.24, 2.45) is 5.16 Å². The molecule has 0 aliphatic heterocycles. The van der Waals surface area contributed by atoms with Gasteiger partial charge in [0.2, 0.25) is 5.82 Å². The van der Waals surface area contributed by atoms with Crippen LogP contribution in [0.4, 0.5) is 15.9 Å². The number of aryl methyl sites for hydroxylation is 1. The highest BCUT2D eigenvalue weighted by Crippen LogP contribution is 2.20. The number of nitrogens with one attached hydrogen (secondary N) is 2. The van der Waals surface area contributed by atoms with Crippen LogP contribution in [-0.2, 0) is 4.94 Å². The molecule has 134 valence electrons. The van der Waals surface area contributed by atoms with Crippen LogP contribution in [0, 0.1) is 12.7 Å². The summed E-state index contributed by atoms with van der Waals surface area (Å²) in [5.41, 5.74) is 5.31. The molecular weight excluding hydrogens is 431 g/mol. The maximum absolute atomic E-state index is 13.1. The maximum atomic E-state index is 13.1. The van der Waals surface area contributed by atoms with Crippen molar-refractivity contribution in [1.29, 1.82) is 0 Å². The molecule has 3 rings (SSSR count). The van der Waals surface area contributed by atoms with Gasteiger partial charge in [-0.05, 0) is 51.4 Å². The summed E-state index contributed by atoms with van der Waals surface area (Å²) in [5, 5.41) is 13.4. The van der Waals surface area contributed by atoms with E-state index in [-0.39, 0.29) is 21.9 Å². The van der Waals surface area contributed by atoms with Crippen molar-refractivity contribution in [3.8, 4) is 0 Å². The standard InChI is InChI=1S/C14H10BrFN6O3S/c1-7-12(26-6-17-7)14(23)19-13-11(21-25-22-13)5-18-24-20-8-2-3-10(16)9(15)4-8/h2-6,20H,1H3,(H,19,22,23)/b18-5+. The number of halogens is 2. The number of carbonyl (C=O) groups is 1. The van der Waals surface area contributed by atoms with Crippen LogP contribution in [0.3, 0.4) is 0 Å². The number of anilines is 2. The van der Waals surface area contributed by atoms with E-state index in [0.29, 0.717) is 16.3 Å². The molecule has 1 amide bonds. The van der Waals surface area contributed by atoms with Crippen LogP contribution < -0.4 is 10.8 Å². The van der Waals surface area contributed by atoms with E-state index in [1.165, 1.54) is 35.8 Å². The molecule has 0 fully saturated rings. The molecule has 0 aliphatic carbocycles. The van der Waals surface area contributed by atoms with Crippen LogP contribution >= 0.6 is 27.3 Å². The van der Waals surface area contributed by atoms with E-state index in [0.717, 1.165) is 0 Å². The minimum atomic E-state index is -0.399. The number of thiazole rings is 1. The molecule has 2 aromatic heterocycles. The summed E-state index contributed by atoms with van der Waals surface area (Å²) in [5.74, 6) is -0.700. The molecular formula is C14H10BrFN6O3S. The Morgan fingerprint density at radius 1 is 1.46 bits per heavy atom. The van der Waals surface area contributed by atoms with Gasteiger partial charge < -0.3 is 5.32 Å². The van der Waals surface area contributed by atoms with Crippen LogP contribution in [0.15, 0.2) is 38.0 Å². The second-order valence-electron chi connectivity index (χ2n) is 4.78. The van der Waals surface area contributed by atoms with E-state index in [4.69, 9.17) is 4.94 Å². The van der Waals surface area contributed by atoms with Gasteiger partial charge >= 0.3 is 0 Å². The van der Waals surface area contributed by atoms with Gasteiger partial charge in [-0.2, -0.15) is 5.48 Å². The first kappa shape index (κ1) is 17.9. The summed E-state index contributed by atoms with van der Waals surface area (Å²) in [6, 6.07) is 4.21. The topological polar surface area (TPSA) is 115 Å². The molecule has 12 heteroatoms. The average Bonchev–Trinajstić information content (AvgIpc) is 3.23. The molecule has 0 radical (unpaired) electrons. The molecule has 1 aromatic carbocycles. The van der Waals surface area contributed by atoms with Gasteiger partial charge in [0, 0.05) is 0 Å². The average molecular weight is 441 g/mol. The monoisotopic (exact) mass is 440 g/mol. The molecule has 0 spiro atoms. The van der Waals surface area contributed by atoms with E-state index < -0.39 is 5.82 Å². The van der Waals surface area contributed by atoms with E-state index in [9.17, 15) is 9.18 Å². The van der Waals surface area contributed by atoms with Gasteiger partial charge in [-0.25, -0.2) is 14.0 Å². The first-order valence-electron chi connectivity index (χ1n) is 6.99. The molecule has 0 saturated carbocycles. The Labute approximate surface area is 158 Å². The number of benzene rings is 1. The van der Waals surface area contributed by atoms with Crippen LogP contribution in [0.2, 0.25) is 0 Å². The highest BCUT2D eigenvalue weighted by atomic mass is 79.9. The summed E-state index contributed by atoms with van der Waals surface area (Å²) >= 11 is 4.26. The minimum Gasteiger partial charge on any atom is -0.301 e. The number of hydrogen-bond acceptors (Lipinski definition) is 9. The lowest BCUT2D eigenvalue weighted by atomic mass is 10.3. The zero-order valence-corrected chi connectivity index (χ0v) is 15.5. The van der Waals surface area contributed by atoms with Crippen molar-refractivity contribution in [2.45, 2.75) is 6.92 Å². The summed E-state index contributed by atoms with van der Waals surface area (Å²) < 4.78 is 18.0. The minimum absolute atomic E-state index is 0.0830. The van der Waals surface area contributed by atoms with E-state index in [2.05, 4.69) is 51.8 Å². The number of rotatable bonds is 6. The fraction of sp³-hybridized carbons (Fsp3) is 0.0714. The highest BCUT2D eigenvalue weighted by molar-refractivity contribution is 9.10. The lowest BCUT2D eigenvalue weighted by Crippen LogP contribution is -2.13. The second kappa shape index (κ2) is 8.01. The van der Waals surface area contributed by atoms with Crippen LogP contribution in [0.5, 0.6) is 0 Å². The molecule has 2 heterocycles. The Balaban J connectivity index is 1.59. The number of carbonyl (C=O) groups excluding carboxylic acids is 1. The molecule has 0 saturated heterocycles. The largest absolute Gasteiger partial charge is 0.301 e. The number of amides is 1. The Morgan fingerprint density at radius 2 is 2.31 bits per heavy atom. The third-order valence-corrected chi connectivity index (χ3v) is 4.54. The van der Waals surface area contributed by atoms with Crippen molar-refractivity contribution in [2.75, 3.05) is 10.8 Å². The molecule has 3 aromatic rings. The number of hydrogen-bond donors (Lipinski definition) is 2. The van der Waals surface area contributed by atoms with Gasteiger partial charge in [0.1, 0.15) is 16.9 Å². The highest BCUT2D eigenvalue weighted by Gasteiger charge is 2.16. The fourth-order valence-electron chi connectivity index (χ4n) is 1.77. The summed E-state index contributed by atoms with van der Waals surface area (Å²) in [7, 11) is 0. The van der Waals surface area contributed by atoms with Crippen molar-refractivity contribution < 1.29 is 18.8 Å². The predicted octanol–water partition coefficient (Wildman–Crippen LogP) is 3.37. The maximum Gasteiger partial charge on any atom is 0.268 e. The van der Waals surface area contributed by atoms with Crippen molar-refractivity contribution >= 4 is 50.9 Å². The Hall–Kier alpha value is -2.86.